The molecular weight excluding hydrogens is 200 g/mol. The Balaban J connectivity index is 2.19. The lowest BCUT2D eigenvalue weighted by Crippen LogP contribution is -2.06. The van der Waals surface area contributed by atoms with Crippen LogP contribution in [0, 0.1) is 0 Å². The molecular formula is C14H18O2. The van der Waals surface area contributed by atoms with E-state index in [1.54, 1.807) is 12.1 Å². The number of unbranched alkanes of at least 4 members (excludes halogenated alkanes) is 1. The van der Waals surface area contributed by atoms with Crippen molar-refractivity contribution in [2.24, 2.45) is 0 Å². The Labute approximate surface area is 96.9 Å². The lowest BCUT2D eigenvalue weighted by atomic mass is 10.2. The molecule has 1 aromatic carbocycles. The molecule has 0 bridgehead atoms. The van der Waals surface area contributed by atoms with Gasteiger partial charge >= 0.3 is 5.97 Å². The largest absolute Gasteiger partial charge is 0.427 e. The predicted octanol–water partition coefficient (Wildman–Crippen LogP) is 3.73. The molecule has 0 aliphatic heterocycles. The van der Waals surface area contributed by atoms with E-state index >= 15 is 0 Å². The number of para-hydroxylation sites is 1. The van der Waals surface area contributed by atoms with Crippen LogP contribution in [0.15, 0.2) is 42.5 Å². The van der Waals surface area contributed by atoms with E-state index in [9.17, 15) is 4.79 Å². The Kier molecular flexibility index (Phi) is 6.00. The van der Waals surface area contributed by atoms with E-state index in [2.05, 4.69) is 19.1 Å². The molecule has 0 radical (unpaired) electrons. The van der Waals surface area contributed by atoms with Crippen molar-refractivity contribution in [1.29, 1.82) is 0 Å². The summed E-state index contributed by atoms with van der Waals surface area (Å²) in [6, 6.07) is 9.18. The van der Waals surface area contributed by atoms with Crippen molar-refractivity contribution in [1.82, 2.24) is 0 Å². The summed E-state index contributed by atoms with van der Waals surface area (Å²) in [5.41, 5.74) is 0. The van der Waals surface area contributed by atoms with E-state index in [0.717, 1.165) is 19.3 Å². The zero-order chi connectivity index (χ0) is 11.6. The van der Waals surface area contributed by atoms with Gasteiger partial charge in [-0.1, -0.05) is 37.3 Å². The summed E-state index contributed by atoms with van der Waals surface area (Å²) < 4.78 is 5.16. The number of rotatable bonds is 6. The molecule has 2 heteroatoms. The van der Waals surface area contributed by atoms with Crippen molar-refractivity contribution in [3.8, 4) is 5.75 Å². The summed E-state index contributed by atoms with van der Waals surface area (Å²) in [6.07, 6.45) is 7.54. The molecule has 0 unspecified atom stereocenters. The minimum atomic E-state index is -0.156. The number of hydrogen-bond donors (Lipinski definition) is 0. The molecule has 0 saturated heterocycles. The number of esters is 1. The predicted molar refractivity (Wildman–Crippen MR) is 65.4 cm³/mol. The van der Waals surface area contributed by atoms with Gasteiger partial charge in [0.2, 0.25) is 0 Å². The van der Waals surface area contributed by atoms with E-state index < -0.39 is 0 Å². The first-order valence-corrected chi connectivity index (χ1v) is 5.73. The maximum atomic E-state index is 11.4. The van der Waals surface area contributed by atoms with Crippen molar-refractivity contribution >= 4 is 5.97 Å². The van der Waals surface area contributed by atoms with Crippen LogP contribution >= 0.6 is 0 Å². The minimum absolute atomic E-state index is 0.156. The summed E-state index contributed by atoms with van der Waals surface area (Å²) in [5, 5.41) is 0. The van der Waals surface area contributed by atoms with E-state index in [-0.39, 0.29) is 5.97 Å². The molecule has 0 saturated carbocycles. The fourth-order valence-corrected chi connectivity index (χ4v) is 1.32. The van der Waals surface area contributed by atoms with Crippen molar-refractivity contribution in [2.75, 3.05) is 0 Å². The Bertz CT molecular complexity index is 328. The van der Waals surface area contributed by atoms with Gasteiger partial charge in [-0.2, -0.15) is 0 Å². The standard InChI is InChI=1S/C14H18O2/c1-2-3-4-5-9-12-14(15)16-13-10-7-6-8-11-13/h3-4,6-8,10-11H,2,5,9,12H2,1H3. The zero-order valence-electron chi connectivity index (χ0n) is 9.69. The second-order valence-corrected chi connectivity index (χ2v) is 3.56. The van der Waals surface area contributed by atoms with Gasteiger partial charge in [0.15, 0.2) is 0 Å². The second kappa shape index (κ2) is 7.69. The van der Waals surface area contributed by atoms with Crippen LogP contribution in [0.1, 0.15) is 32.6 Å². The van der Waals surface area contributed by atoms with Gasteiger partial charge in [-0.3, -0.25) is 4.79 Å². The summed E-state index contributed by atoms with van der Waals surface area (Å²) in [6.45, 7) is 2.10. The minimum Gasteiger partial charge on any atom is -0.427 e. The molecule has 0 aromatic heterocycles. The third kappa shape index (κ3) is 5.35. The van der Waals surface area contributed by atoms with Gasteiger partial charge in [0.25, 0.3) is 0 Å². The van der Waals surface area contributed by atoms with Crippen molar-refractivity contribution in [3.05, 3.63) is 42.5 Å². The summed E-state index contributed by atoms with van der Waals surface area (Å²) in [4.78, 5) is 11.4. The Morgan fingerprint density at radius 2 is 2.00 bits per heavy atom. The Morgan fingerprint density at radius 1 is 1.25 bits per heavy atom. The molecule has 86 valence electrons. The highest BCUT2D eigenvalue weighted by Crippen LogP contribution is 2.10. The van der Waals surface area contributed by atoms with E-state index in [1.807, 2.05) is 18.2 Å². The highest BCUT2D eigenvalue weighted by atomic mass is 16.5. The van der Waals surface area contributed by atoms with Crippen LogP contribution in [0.2, 0.25) is 0 Å². The van der Waals surface area contributed by atoms with Crippen LogP contribution in [-0.4, -0.2) is 5.97 Å². The smallest absolute Gasteiger partial charge is 0.311 e. The van der Waals surface area contributed by atoms with E-state index in [4.69, 9.17) is 4.74 Å². The van der Waals surface area contributed by atoms with E-state index in [1.165, 1.54) is 0 Å². The number of allylic oxidation sites excluding steroid dienone is 2. The molecule has 1 aromatic rings. The summed E-state index contributed by atoms with van der Waals surface area (Å²) in [7, 11) is 0. The highest BCUT2D eigenvalue weighted by Gasteiger charge is 2.02. The van der Waals surface area contributed by atoms with Gasteiger partial charge < -0.3 is 4.74 Å². The van der Waals surface area contributed by atoms with Crippen LogP contribution < -0.4 is 4.74 Å². The van der Waals surface area contributed by atoms with E-state index in [0.29, 0.717) is 12.2 Å². The topological polar surface area (TPSA) is 26.3 Å². The summed E-state index contributed by atoms with van der Waals surface area (Å²) >= 11 is 0. The maximum Gasteiger partial charge on any atom is 0.311 e. The fourth-order valence-electron chi connectivity index (χ4n) is 1.32. The highest BCUT2D eigenvalue weighted by molar-refractivity contribution is 5.72. The first-order valence-electron chi connectivity index (χ1n) is 5.73. The van der Waals surface area contributed by atoms with Crippen LogP contribution in [0.3, 0.4) is 0 Å². The number of carbonyl (C=O) groups is 1. The number of benzene rings is 1. The quantitative estimate of drug-likeness (QED) is 0.315. The number of ether oxygens (including phenoxy) is 1. The third-order valence-electron chi connectivity index (χ3n) is 2.13. The molecule has 1 rings (SSSR count). The van der Waals surface area contributed by atoms with Crippen LogP contribution in [0.4, 0.5) is 0 Å². The average molecular weight is 218 g/mol. The molecule has 0 atom stereocenters. The van der Waals surface area contributed by atoms with Gasteiger partial charge in [0.1, 0.15) is 5.75 Å². The van der Waals surface area contributed by atoms with Gasteiger partial charge in [-0.05, 0) is 31.4 Å². The van der Waals surface area contributed by atoms with Gasteiger partial charge in [0, 0.05) is 6.42 Å². The molecule has 0 N–H and O–H groups in total. The Hall–Kier alpha value is -1.57. The SMILES string of the molecule is CCC=CCCCC(=O)Oc1ccccc1. The molecule has 2 nitrogen and oxygen atoms in total. The first kappa shape index (κ1) is 12.5. The molecule has 16 heavy (non-hydrogen) atoms. The van der Waals surface area contributed by atoms with Crippen molar-refractivity contribution in [3.63, 3.8) is 0 Å². The zero-order valence-corrected chi connectivity index (χ0v) is 9.69. The maximum absolute atomic E-state index is 11.4. The molecule has 0 amide bonds. The van der Waals surface area contributed by atoms with Gasteiger partial charge in [0.05, 0.1) is 0 Å². The Morgan fingerprint density at radius 3 is 2.69 bits per heavy atom. The monoisotopic (exact) mass is 218 g/mol. The lowest BCUT2D eigenvalue weighted by molar-refractivity contribution is -0.134. The lowest BCUT2D eigenvalue weighted by Gasteiger charge is -2.02. The number of hydrogen-bond acceptors (Lipinski definition) is 2. The average Bonchev–Trinajstić information content (AvgIpc) is 2.30. The molecule has 0 aliphatic carbocycles. The van der Waals surface area contributed by atoms with Gasteiger partial charge in [-0.15, -0.1) is 0 Å². The molecule has 0 heterocycles. The van der Waals surface area contributed by atoms with Gasteiger partial charge in [-0.25, -0.2) is 0 Å². The normalized spacial score (nSPS) is 10.6. The van der Waals surface area contributed by atoms with Crippen molar-refractivity contribution in [2.45, 2.75) is 32.6 Å². The second-order valence-electron chi connectivity index (χ2n) is 3.56. The molecule has 0 spiro atoms. The molecule has 0 fully saturated rings. The van der Waals surface area contributed by atoms with Crippen LogP contribution in [0.5, 0.6) is 5.75 Å². The van der Waals surface area contributed by atoms with Crippen LogP contribution in [0.25, 0.3) is 0 Å². The van der Waals surface area contributed by atoms with Crippen molar-refractivity contribution < 1.29 is 9.53 Å². The fraction of sp³-hybridized carbons (Fsp3) is 0.357. The number of carbonyl (C=O) groups excluding carboxylic acids is 1. The first-order chi connectivity index (χ1) is 7.83. The molecule has 0 aliphatic rings. The van der Waals surface area contributed by atoms with Crippen LogP contribution in [-0.2, 0) is 4.79 Å². The summed E-state index contributed by atoms with van der Waals surface area (Å²) in [5.74, 6) is 0.465. The third-order valence-corrected chi connectivity index (χ3v) is 2.13.